The molecule has 0 spiro atoms. The highest BCUT2D eigenvalue weighted by Gasteiger charge is 2.49. The van der Waals surface area contributed by atoms with Crippen LogP contribution in [0.15, 0.2) is 42.2 Å². The zero-order valence-electron chi connectivity index (χ0n) is 15.1. The fraction of sp³-hybridized carbons (Fsp3) is 0.500. The van der Waals surface area contributed by atoms with E-state index in [0.717, 1.165) is 0 Å². The van der Waals surface area contributed by atoms with Gasteiger partial charge in [-0.1, -0.05) is 30.3 Å². The molecule has 0 radical (unpaired) electrons. The van der Waals surface area contributed by atoms with Crippen LogP contribution in [0.25, 0.3) is 0 Å². The summed E-state index contributed by atoms with van der Waals surface area (Å²) in [5.74, 6) is -3.72. The van der Waals surface area contributed by atoms with E-state index in [0.29, 0.717) is 16.5 Å². The van der Waals surface area contributed by atoms with Gasteiger partial charge in [0.25, 0.3) is 0 Å². The van der Waals surface area contributed by atoms with Crippen molar-refractivity contribution in [1.29, 1.82) is 0 Å². The number of allylic oxidation sites excluding steroid dienone is 1. The third kappa shape index (κ3) is 5.18. The first kappa shape index (κ1) is 22.1. The van der Waals surface area contributed by atoms with E-state index >= 15 is 0 Å². The number of alkyl halides is 6. The number of amides is 1. The Morgan fingerprint density at radius 1 is 1.21 bits per heavy atom. The van der Waals surface area contributed by atoms with Crippen LogP contribution in [0.4, 0.5) is 26.3 Å². The minimum absolute atomic E-state index is 0.00994. The summed E-state index contributed by atoms with van der Waals surface area (Å²) in [4.78, 5) is 12.5. The Balaban J connectivity index is 2.49. The highest BCUT2D eigenvalue weighted by Crippen LogP contribution is 2.37. The largest absolute Gasteiger partial charge is 0.471 e. The molecule has 1 aromatic carbocycles. The Morgan fingerprint density at radius 3 is 2.32 bits per heavy atom. The van der Waals surface area contributed by atoms with E-state index in [2.05, 4.69) is 0 Å². The lowest BCUT2D eigenvalue weighted by Crippen LogP contribution is -2.50. The molecule has 0 saturated heterocycles. The molecule has 1 aromatic rings. The van der Waals surface area contributed by atoms with Gasteiger partial charge in [-0.2, -0.15) is 26.3 Å². The lowest BCUT2D eigenvalue weighted by atomic mass is 10.0. The van der Waals surface area contributed by atoms with Gasteiger partial charge in [0.2, 0.25) is 12.0 Å². The number of rotatable bonds is 5. The zero-order valence-corrected chi connectivity index (χ0v) is 15.1. The van der Waals surface area contributed by atoms with E-state index in [1.165, 1.54) is 26.0 Å². The number of benzene rings is 1. The minimum Gasteiger partial charge on any atom is -0.460 e. The maximum atomic E-state index is 13.2. The quantitative estimate of drug-likeness (QED) is 0.658. The summed E-state index contributed by atoms with van der Waals surface area (Å²) in [6.07, 6.45) is -11.5. The lowest BCUT2D eigenvalue weighted by molar-refractivity contribution is -0.207. The van der Waals surface area contributed by atoms with Crippen molar-refractivity contribution in [2.24, 2.45) is 0 Å². The summed E-state index contributed by atoms with van der Waals surface area (Å²) in [6, 6.07) is 5.09. The molecule has 0 fully saturated rings. The van der Waals surface area contributed by atoms with E-state index in [9.17, 15) is 31.1 Å². The van der Waals surface area contributed by atoms with Gasteiger partial charge in [0.15, 0.2) is 0 Å². The second kappa shape index (κ2) is 8.42. The van der Waals surface area contributed by atoms with Crippen LogP contribution < -0.4 is 0 Å². The van der Waals surface area contributed by atoms with Gasteiger partial charge >= 0.3 is 18.3 Å². The predicted octanol–water partition coefficient (Wildman–Crippen LogP) is 4.74. The Labute approximate surface area is 157 Å². The van der Waals surface area contributed by atoms with Gasteiger partial charge in [-0.05, 0) is 25.5 Å². The number of halogens is 6. The molecule has 0 N–H and O–H groups in total. The van der Waals surface area contributed by atoms with Gasteiger partial charge in [-0.15, -0.1) is 0 Å². The lowest BCUT2D eigenvalue weighted by Gasteiger charge is -2.40. The van der Waals surface area contributed by atoms with Gasteiger partial charge in [-0.25, -0.2) is 0 Å². The van der Waals surface area contributed by atoms with Gasteiger partial charge in [0.1, 0.15) is 0 Å². The summed E-state index contributed by atoms with van der Waals surface area (Å²) < 4.78 is 88.9. The highest BCUT2D eigenvalue weighted by atomic mass is 19.4. The zero-order chi connectivity index (χ0) is 21.1. The summed E-state index contributed by atoms with van der Waals surface area (Å²) in [5, 5.41) is 0. The number of hydrogen-bond donors (Lipinski definition) is 0. The standard InChI is InChI=1S/C18H19F6NO3/c1-3-27-15-10-13(9-14(28-15)17(19,20)21)25(16(26)18(22,23)24)11(2)12-7-5-4-6-8-12/h4-9,11,13,15H,3,10H2,1-2H3/t11-,13-,15+/m1/s1. The average molecular weight is 411 g/mol. The molecule has 0 bridgehead atoms. The fourth-order valence-electron chi connectivity index (χ4n) is 2.96. The molecule has 0 aromatic heterocycles. The van der Waals surface area contributed by atoms with Crippen LogP contribution in [-0.2, 0) is 14.3 Å². The SMILES string of the molecule is CCO[C@@H]1C[C@H](N(C(=O)C(F)(F)F)[C@H](C)c2ccccc2)C=C(C(F)(F)F)O1. The van der Waals surface area contributed by atoms with Crippen molar-refractivity contribution in [1.82, 2.24) is 4.90 Å². The number of nitrogens with zero attached hydrogens (tertiary/aromatic N) is 1. The van der Waals surface area contributed by atoms with Crippen LogP contribution >= 0.6 is 0 Å². The Kier molecular flexibility index (Phi) is 6.63. The molecule has 28 heavy (non-hydrogen) atoms. The summed E-state index contributed by atoms with van der Waals surface area (Å²) in [6.45, 7) is 2.82. The summed E-state index contributed by atoms with van der Waals surface area (Å²) in [5.41, 5.74) is 0.349. The van der Waals surface area contributed by atoms with Crippen molar-refractivity contribution >= 4 is 5.91 Å². The van der Waals surface area contributed by atoms with Gasteiger partial charge in [-0.3, -0.25) is 4.79 Å². The molecule has 1 aliphatic rings. The van der Waals surface area contributed by atoms with Crippen LogP contribution in [0.5, 0.6) is 0 Å². The molecular formula is C18H19F6NO3. The number of ether oxygens (including phenoxy) is 2. The van der Waals surface area contributed by atoms with E-state index in [4.69, 9.17) is 9.47 Å². The molecule has 2 rings (SSSR count). The van der Waals surface area contributed by atoms with E-state index in [1.807, 2.05) is 0 Å². The Hall–Kier alpha value is -2.23. The number of hydrogen-bond acceptors (Lipinski definition) is 3. The van der Waals surface area contributed by atoms with Gasteiger partial charge < -0.3 is 14.4 Å². The normalized spacial score (nSPS) is 21.5. The first-order chi connectivity index (χ1) is 12.9. The van der Waals surface area contributed by atoms with Gasteiger partial charge in [0, 0.05) is 13.0 Å². The maximum absolute atomic E-state index is 13.2. The molecule has 0 saturated carbocycles. The van der Waals surface area contributed by atoms with Crippen LogP contribution in [0, 0.1) is 0 Å². The molecule has 10 heteroatoms. The van der Waals surface area contributed by atoms with Crippen molar-refractivity contribution < 1.29 is 40.6 Å². The smallest absolute Gasteiger partial charge is 0.460 e. The molecule has 156 valence electrons. The van der Waals surface area contributed by atoms with Crippen molar-refractivity contribution in [3.05, 3.63) is 47.7 Å². The van der Waals surface area contributed by atoms with Crippen molar-refractivity contribution in [2.45, 2.75) is 51.0 Å². The van der Waals surface area contributed by atoms with E-state index < -0.39 is 42.4 Å². The van der Waals surface area contributed by atoms with E-state index in [1.54, 1.807) is 18.2 Å². The third-order valence-electron chi connectivity index (χ3n) is 4.20. The fourth-order valence-corrected chi connectivity index (χ4v) is 2.96. The monoisotopic (exact) mass is 411 g/mol. The molecule has 0 aliphatic carbocycles. The summed E-state index contributed by atoms with van der Waals surface area (Å²) in [7, 11) is 0. The number of carbonyl (C=O) groups excluding carboxylic acids is 1. The molecule has 4 nitrogen and oxygen atoms in total. The second-order valence-electron chi connectivity index (χ2n) is 6.13. The van der Waals surface area contributed by atoms with Crippen LogP contribution in [0.2, 0.25) is 0 Å². The van der Waals surface area contributed by atoms with Crippen LogP contribution in [-0.4, -0.2) is 42.1 Å². The molecule has 1 amide bonds. The van der Waals surface area contributed by atoms with Crippen LogP contribution in [0.3, 0.4) is 0 Å². The Bertz CT molecular complexity index is 702. The molecule has 3 atom stereocenters. The van der Waals surface area contributed by atoms with Crippen LogP contribution in [0.1, 0.15) is 31.9 Å². The topological polar surface area (TPSA) is 38.8 Å². The maximum Gasteiger partial charge on any atom is 0.471 e. The average Bonchev–Trinajstić information content (AvgIpc) is 2.61. The first-order valence-corrected chi connectivity index (χ1v) is 8.46. The van der Waals surface area contributed by atoms with Crippen molar-refractivity contribution in [3.63, 3.8) is 0 Å². The molecule has 1 aliphatic heterocycles. The molecular weight excluding hydrogens is 392 g/mol. The number of carbonyl (C=O) groups is 1. The van der Waals surface area contributed by atoms with E-state index in [-0.39, 0.29) is 13.0 Å². The first-order valence-electron chi connectivity index (χ1n) is 8.46. The second-order valence-corrected chi connectivity index (χ2v) is 6.13. The molecule has 1 heterocycles. The summed E-state index contributed by atoms with van der Waals surface area (Å²) >= 11 is 0. The highest BCUT2D eigenvalue weighted by molar-refractivity contribution is 5.83. The van der Waals surface area contributed by atoms with Crippen molar-refractivity contribution in [2.75, 3.05) is 6.61 Å². The van der Waals surface area contributed by atoms with Gasteiger partial charge in [0.05, 0.1) is 12.1 Å². The molecule has 0 unspecified atom stereocenters. The van der Waals surface area contributed by atoms with Crippen molar-refractivity contribution in [3.8, 4) is 0 Å². The third-order valence-corrected chi connectivity index (χ3v) is 4.20. The Morgan fingerprint density at radius 2 is 1.82 bits per heavy atom. The predicted molar refractivity (Wildman–Crippen MR) is 86.8 cm³/mol. The minimum atomic E-state index is -5.26.